The number of methoxy groups -OCH3 is 1. The fraction of sp³-hybridized carbons (Fsp3) is 0.588. The van der Waals surface area contributed by atoms with Gasteiger partial charge >= 0.3 is 0 Å². The fourth-order valence-electron chi connectivity index (χ4n) is 2.78. The predicted molar refractivity (Wildman–Crippen MR) is 87.0 cm³/mol. The fourth-order valence-corrected chi connectivity index (χ4v) is 3.35. The molecule has 0 N–H and O–H groups in total. The summed E-state index contributed by atoms with van der Waals surface area (Å²) in [4.78, 5) is 2.53. The SMILES string of the molecule is COC[C@@H]1CCCN1[C@H](C#C[Si](C)(C)C)[C]1[CH][CH][CH][CH]1. The first kappa shape index (κ1) is 16.1. The number of likely N-dealkylation sites (tertiary alicyclic amines) is 1. The maximum Gasteiger partial charge on any atom is 0.129 e. The average Bonchev–Trinajstić information content (AvgIpc) is 3.01. The predicted octanol–water partition coefficient (Wildman–Crippen LogP) is 2.75. The molecule has 1 aliphatic heterocycles. The van der Waals surface area contributed by atoms with Gasteiger partial charge in [-0.05, 0) is 45.1 Å². The molecule has 0 amide bonds. The van der Waals surface area contributed by atoms with Gasteiger partial charge in [0.05, 0.1) is 12.6 Å². The molecule has 2 aliphatic rings. The molecule has 1 heterocycles. The highest BCUT2D eigenvalue weighted by atomic mass is 28.3. The zero-order valence-electron chi connectivity index (χ0n) is 13.1. The smallest absolute Gasteiger partial charge is 0.129 e. The quantitative estimate of drug-likeness (QED) is 0.582. The molecule has 0 spiro atoms. The first-order valence-electron chi connectivity index (χ1n) is 7.50. The summed E-state index contributed by atoms with van der Waals surface area (Å²) in [6, 6.07) is 0.746. The van der Waals surface area contributed by atoms with Crippen molar-refractivity contribution in [2.75, 3.05) is 20.3 Å². The maximum absolute atomic E-state index is 5.39. The largest absolute Gasteiger partial charge is 0.383 e. The van der Waals surface area contributed by atoms with Crippen LogP contribution in [0.1, 0.15) is 12.8 Å². The molecule has 2 rings (SSSR count). The minimum absolute atomic E-state index is 0.236. The van der Waals surface area contributed by atoms with Crippen LogP contribution in [0.4, 0.5) is 0 Å². The molecule has 2 atom stereocenters. The van der Waals surface area contributed by atoms with Gasteiger partial charge in [0.2, 0.25) is 0 Å². The Morgan fingerprint density at radius 2 is 2.05 bits per heavy atom. The van der Waals surface area contributed by atoms with E-state index in [-0.39, 0.29) is 6.04 Å². The number of hydrogen-bond donors (Lipinski definition) is 0. The van der Waals surface area contributed by atoms with E-state index in [1.54, 1.807) is 7.11 Å². The second kappa shape index (κ2) is 7.11. The molecule has 109 valence electrons. The Kier molecular flexibility index (Phi) is 5.71. The third-order valence-corrected chi connectivity index (χ3v) is 4.60. The van der Waals surface area contributed by atoms with Crippen LogP contribution in [-0.4, -0.2) is 45.3 Å². The average molecular weight is 288 g/mol. The van der Waals surface area contributed by atoms with Crippen LogP contribution in [0.25, 0.3) is 0 Å². The molecule has 0 aromatic heterocycles. The van der Waals surface area contributed by atoms with Crippen molar-refractivity contribution in [3.05, 3.63) is 31.6 Å². The van der Waals surface area contributed by atoms with E-state index in [0.29, 0.717) is 6.04 Å². The zero-order chi connectivity index (χ0) is 14.6. The number of rotatable bonds is 4. The van der Waals surface area contributed by atoms with Gasteiger partial charge in [0.1, 0.15) is 8.07 Å². The van der Waals surface area contributed by atoms with Crippen LogP contribution in [0.5, 0.6) is 0 Å². The van der Waals surface area contributed by atoms with Crippen molar-refractivity contribution >= 4 is 8.07 Å². The van der Waals surface area contributed by atoms with Crippen molar-refractivity contribution in [2.45, 2.75) is 44.6 Å². The summed E-state index contributed by atoms with van der Waals surface area (Å²) in [6.07, 6.45) is 11.1. The summed E-state index contributed by atoms with van der Waals surface area (Å²) >= 11 is 0. The van der Waals surface area contributed by atoms with Gasteiger partial charge in [-0.2, -0.15) is 0 Å². The lowest BCUT2D eigenvalue weighted by molar-refractivity contribution is 0.107. The van der Waals surface area contributed by atoms with Crippen LogP contribution < -0.4 is 0 Å². The van der Waals surface area contributed by atoms with Crippen molar-refractivity contribution in [1.29, 1.82) is 0 Å². The third kappa shape index (κ3) is 4.34. The van der Waals surface area contributed by atoms with Gasteiger partial charge < -0.3 is 4.74 Å². The van der Waals surface area contributed by atoms with Crippen LogP contribution in [0.2, 0.25) is 19.6 Å². The van der Waals surface area contributed by atoms with E-state index in [2.05, 4.69) is 61.7 Å². The van der Waals surface area contributed by atoms with Gasteiger partial charge in [0.25, 0.3) is 0 Å². The number of hydrogen-bond acceptors (Lipinski definition) is 2. The molecule has 1 saturated carbocycles. The molecule has 5 radical (unpaired) electrons. The Bertz CT molecular complexity index is 359. The van der Waals surface area contributed by atoms with Crippen molar-refractivity contribution in [3.8, 4) is 11.5 Å². The molecule has 0 unspecified atom stereocenters. The van der Waals surface area contributed by atoms with Gasteiger partial charge in [0.15, 0.2) is 0 Å². The molecule has 1 aliphatic carbocycles. The van der Waals surface area contributed by atoms with Crippen LogP contribution in [0.3, 0.4) is 0 Å². The van der Waals surface area contributed by atoms with Crippen LogP contribution >= 0.6 is 0 Å². The Morgan fingerprint density at radius 3 is 2.65 bits per heavy atom. The minimum atomic E-state index is -1.34. The topological polar surface area (TPSA) is 12.5 Å². The molecule has 2 nitrogen and oxygen atoms in total. The van der Waals surface area contributed by atoms with Crippen LogP contribution in [0.15, 0.2) is 0 Å². The van der Waals surface area contributed by atoms with Gasteiger partial charge in [-0.25, -0.2) is 0 Å². The lowest BCUT2D eigenvalue weighted by Crippen LogP contribution is -2.43. The van der Waals surface area contributed by atoms with E-state index >= 15 is 0 Å². The van der Waals surface area contributed by atoms with E-state index < -0.39 is 8.07 Å². The summed E-state index contributed by atoms with van der Waals surface area (Å²) < 4.78 is 5.39. The van der Waals surface area contributed by atoms with Gasteiger partial charge in [-0.15, -0.1) is 5.54 Å². The lowest BCUT2D eigenvalue weighted by atomic mass is 9.96. The monoisotopic (exact) mass is 288 g/mol. The molecule has 3 heteroatoms. The van der Waals surface area contributed by atoms with E-state index in [9.17, 15) is 0 Å². The van der Waals surface area contributed by atoms with Crippen molar-refractivity contribution in [2.24, 2.45) is 0 Å². The Balaban J connectivity index is 2.14. The molecule has 0 aromatic carbocycles. The first-order chi connectivity index (χ1) is 9.51. The molecule has 2 fully saturated rings. The molecule has 0 aromatic rings. The Morgan fingerprint density at radius 1 is 1.35 bits per heavy atom. The lowest BCUT2D eigenvalue weighted by Gasteiger charge is -2.33. The number of nitrogens with zero attached hydrogens (tertiary/aromatic N) is 1. The number of ether oxygens (including phenoxy) is 1. The standard InChI is InChI=1S/C17H26NOSi/c1-19-14-16-10-7-12-18(16)17(11-13-20(2,3)4)15-8-5-6-9-15/h5-6,8-9,16-17H,7,10,12,14H2,1-4H3/t16-,17+/m0/s1. The van der Waals surface area contributed by atoms with E-state index in [4.69, 9.17) is 4.74 Å². The highest BCUT2D eigenvalue weighted by Gasteiger charge is 2.36. The zero-order valence-corrected chi connectivity index (χ0v) is 14.1. The van der Waals surface area contributed by atoms with Crippen LogP contribution in [0, 0.1) is 43.1 Å². The summed E-state index contributed by atoms with van der Waals surface area (Å²) in [5.74, 6) is 4.91. The summed E-state index contributed by atoms with van der Waals surface area (Å²) in [7, 11) is 0.450. The van der Waals surface area contributed by atoms with E-state index in [0.717, 1.165) is 13.2 Å². The van der Waals surface area contributed by atoms with Gasteiger partial charge in [0, 0.05) is 19.1 Å². The van der Waals surface area contributed by atoms with Crippen LogP contribution in [-0.2, 0) is 4.74 Å². The summed E-state index contributed by atoms with van der Waals surface area (Å²) in [5.41, 5.74) is 3.56. The summed E-state index contributed by atoms with van der Waals surface area (Å²) in [6.45, 7) is 8.85. The molecule has 0 bridgehead atoms. The van der Waals surface area contributed by atoms with E-state index in [1.807, 2.05) is 0 Å². The second-order valence-electron chi connectivity index (χ2n) is 6.63. The minimum Gasteiger partial charge on any atom is -0.383 e. The Labute approximate surface area is 126 Å². The van der Waals surface area contributed by atoms with Crippen molar-refractivity contribution in [3.63, 3.8) is 0 Å². The van der Waals surface area contributed by atoms with Crippen molar-refractivity contribution < 1.29 is 4.74 Å². The maximum atomic E-state index is 5.39. The third-order valence-electron chi connectivity index (χ3n) is 3.70. The molecule has 20 heavy (non-hydrogen) atoms. The van der Waals surface area contributed by atoms with Crippen molar-refractivity contribution in [1.82, 2.24) is 4.90 Å². The van der Waals surface area contributed by atoms with E-state index in [1.165, 1.54) is 18.8 Å². The Hall–Kier alpha value is -0.303. The molecular formula is C17H26NOSi. The molecule has 1 saturated heterocycles. The normalized spacial score (nSPS) is 26.5. The van der Waals surface area contributed by atoms with Gasteiger partial charge in [-0.1, -0.05) is 25.6 Å². The highest BCUT2D eigenvalue weighted by Crippen LogP contribution is 2.33. The highest BCUT2D eigenvalue weighted by molar-refractivity contribution is 6.83. The first-order valence-corrected chi connectivity index (χ1v) is 11.0. The molecular weight excluding hydrogens is 262 g/mol. The second-order valence-corrected chi connectivity index (χ2v) is 11.4. The van der Waals surface area contributed by atoms with Gasteiger partial charge in [-0.3, -0.25) is 4.90 Å². The summed E-state index contributed by atoms with van der Waals surface area (Å²) in [5, 5.41) is 0.